The van der Waals surface area contributed by atoms with E-state index in [1.54, 1.807) is 0 Å². The van der Waals surface area contributed by atoms with E-state index in [4.69, 9.17) is 5.73 Å². The summed E-state index contributed by atoms with van der Waals surface area (Å²) in [5, 5.41) is 0. The molecular weight excluding hydrogens is 200 g/mol. The lowest BCUT2D eigenvalue weighted by Crippen LogP contribution is -2.25. The van der Waals surface area contributed by atoms with Gasteiger partial charge in [-0.2, -0.15) is 0 Å². The van der Waals surface area contributed by atoms with Gasteiger partial charge in [-0.1, -0.05) is 0 Å². The normalized spacial score (nSPS) is 13.9. The Labute approximate surface area is 96.9 Å². The van der Waals surface area contributed by atoms with Gasteiger partial charge in [0.1, 0.15) is 0 Å². The highest BCUT2D eigenvalue weighted by atomic mass is 15.2. The molecule has 2 rings (SSSR count). The van der Waals surface area contributed by atoms with Gasteiger partial charge in [-0.25, -0.2) is 9.97 Å². The number of nitrogens with zero attached hydrogens (tertiary/aromatic N) is 3. The Kier molecular flexibility index (Phi) is 3.39. The largest absolute Gasteiger partial charge is 0.341 e. The Hall–Kier alpha value is -1.16. The standard InChI is InChI=1S/C12H20N4/c1-3-16(4-2)12-14-10-7-5-6-9(10)11(8-13)15-12/h3-8,13H2,1-2H3. The first-order chi connectivity index (χ1) is 7.80. The van der Waals surface area contributed by atoms with Crippen molar-refractivity contribution in [3.05, 3.63) is 17.0 Å². The minimum Gasteiger partial charge on any atom is -0.341 e. The fraction of sp³-hybridized carbons (Fsp3) is 0.667. The molecule has 0 unspecified atom stereocenters. The second-order valence-corrected chi connectivity index (χ2v) is 4.13. The monoisotopic (exact) mass is 220 g/mol. The molecule has 0 fully saturated rings. The number of aryl methyl sites for hydroxylation is 1. The topological polar surface area (TPSA) is 55.0 Å². The summed E-state index contributed by atoms with van der Waals surface area (Å²) in [5.41, 5.74) is 9.34. The van der Waals surface area contributed by atoms with Crippen molar-refractivity contribution in [3.8, 4) is 0 Å². The molecule has 0 atom stereocenters. The number of anilines is 1. The van der Waals surface area contributed by atoms with Crippen molar-refractivity contribution < 1.29 is 0 Å². The van der Waals surface area contributed by atoms with Crippen molar-refractivity contribution >= 4 is 5.95 Å². The number of hydrogen-bond acceptors (Lipinski definition) is 4. The molecule has 2 N–H and O–H groups in total. The third kappa shape index (κ3) is 1.89. The van der Waals surface area contributed by atoms with Gasteiger partial charge < -0.3 is 10.6 Å². The molecule has 0 spiro atoms. The summed E-state index contributed by atoms with van der Waals surface area (Å²) in [5.74, 6) is 0.853. The van der Waals surface area contributed by atoms with Crippen molar-refractivity contribution in [1.29, 1.82) is 0 Å². The van der Waals surface area contributed by atoms with Crippen LogP contribution in [0.1, 0.15) is 37.2 Å². The predicted octanol–water partition coefficient (Wildman–Crippen LogP) is 1.27. The minimum absolute atomic E-state index is 0.527. The van der Waals surface area contributed by atoms with Crippen LogP contribution in [0.2, 0.25) is 0 Å². The van der Waals surface area contributed by atoms with Gasteiger partial charge in [0.05, 0.1) is 5.69 Å². The first kappa shape index (κ1) is 11.3. The summed E-state index contributed by atoms with van der Waals surface area (Å²) in [6.45, 7) is 6.67. The van der Waals surface area contributed by atoms with Crippen LogP contribution in [0.15, 0.2) is 0 Å². The highest BCUT2D eigenvalue weighted by Crippen LogP contribution is 2.24. The maximum absolute atomic E-state index is 5.77. The van der Waals surface area contributed by atoms with Crippen LogP contribution in [0.5, 0.6) is 0 Å². The highest BCUT2D eigenvalue weighted by molar-refractivity contribution is 5.39. The van der Waals surface area contributed by atoms with Crippen LogP contribution in [0.4, 0.5) is 5.95 Å². The van der Waals surface area contributed by atoms with E-state index in [-0.39, 0.29) is 0 Å². The van der Waals surface area contributed by atoms with Gasteiger partial charge >= 0.3 is 0 Å². The van der Waals surface area contributed by atoms with Crippen LogP contribution in [0.25, 0.3) is 0 Å². The molecule has 1 heterocycles. The fourth-order valence-electron chi connectivity index (χ4n) is 2.31. The Bertz CT molecular complexity index is 372. The molecule has 4 heteroatoms. The summed E-state index contributed by atoms with van der Waals surface area (Å²) in [4.78, 5) is 11.4. The Balaban J connectivity index is 2.41. The summed E-state index contributed by atoms with van der Waals surface area (Å²) in [6.07, 6.45) is 3.37. The molecule has 1 aliphatic carbocycles. The van der Waals surface area contributed by atoms with Crippen LogP contribution in [0, 0.1) is 0 Å². The van der Waals surface area contributed by atoms with E-state index < -0.39 is 0 Å². The summed E-state index contributed by atoms with van der Waals surface area (Å²) in [7, 11) is 0. The van der Waals surface area contributed by atoms with Crippen LogP contribution in [-0.4, -0.2) is 23.1 Å². The highest BCUT2D eigenvalue weighted by Gasteiger charge is 2.19. The lowest BCUT2D eigenvalue weighted by Gasteiger charge is -2.20. The van der Waals surface area contributed by atoms with Crippen molar-refractivity contribution in [2.75, 3.05) is 18.0 Å². The van der Waals surface area contributed by atoms with E-state index in [0.29, 0.717) is 6.54 Å². The number of hydrogen-bond donors (Lipinski definition) is 1. The van der Waals surface area contributed by atoms with E-state index >= 15 is 0 Å². The van der Waals surface area contributed by atoms with Crippen LogP contribution >= 0.6 is 0 Å². The van der Waals surface area contributed by atoms with Gasteiger partial charge in [-0.05, 0) is 38.7 Å². The van der Waals surface area contributed by atoms with Gasteiger partial charge in [0, 0.05) is 25.3 Å². The second kappa shape index (κ2) is 4.78. The molecule has 0 saturated carbocycles. The molecular formula is C12H20N4. The van der Waals surface area contributed by atoms with E-state index in [1.165, 1.54) is 17.7 Å². The number of rotatable bonds is 4. The van der Waals surface area contributed by atoms with Crippen molar-refractivity contribution in [2.24, 2.45) is 5.73 Å². The zero-order chi connectivity index (χ0) is 11.5. The first-order valence-electron chi connectivity index (χ1n) is 6.13. The van der Waals surface area contributed by atoms with Crippen LogP contribution < -0.4 is 10.6 Å². The van der Waals surface area contributed by atoms with Crippen molar-refractivity contribution in [1.82, 2.24) is 9.97 Å². The number of fused-ring (bicyclic) bond motifs is 1. The molecule has 1 aliphatic rings. The average Bonchev–Trinajstić information content (AvgIpc) is 2.77. The molecule has 0 aromatic carbocycles. The maximum Gasteiger partial charge on any atom is 0.225 e. The molecule has 16 heavy (non-hydrogen) atoms. The van der Waals surface area contributed by atoms with Crippen molar-refractivity contribution in [2.45, 2.75) is 39.7 Å². The van der Waals surface area contributed by atoms with Gasteiger partial charge in [0.15, 0.2) is 0 Å². The van der Waals surface area contributed by atoms with Gasteiger partial charge in [-0.3, -0.25) is 0 Å². The number of nitrogens with two attached hydrogens (primary N) is 1. The maximum atomic E-state index is 5.77. The predicted molar refractivity (Wildman–Crippen MR) is 65.5 cm³/mol. The van der Waals surface area contributed by atoms with Gasteiger partial charge in [-0.15, -0.1) is 0 Å². The van der Waals surface area contributed by atoms with E-state index in [2.05, 4.69) is 28.7 Å². The Morgan fingerprint density at radius 1 is 1.19 bits per heavy atom. The molecule has 0 saturated heterocycles. The van der Waals surface area contributed by atoms with E-state index in [0.717, 1.165) is 37.6 Å². The quantitative estimate of drug-likeness (QED) is 0.830. The smallest absolute Gasteiger partial charge is 0.225 e. The summed E-state index contributed by atoms with van der Waals surface area (Å²) >= 11 is 0. The Morgan fingerprint density at radius 2 is 1.94 bits per heavy atom. The molecule has 0 amide bonds. The van der Waals surface area contributed by atoms with Crippen molar-refractivity contribution in [3.63, 3.8) is 0 Å². The van der Waals surface area contributed by atoms with Gasteiger partial charge in [0.2, 0.25) is 5.95 Å². The molecule has 0 radical (unpaired) electrons. The molecule has 4 nitrogen and oxygen atoms in total. The SMILES string of the molecule is CCN(CC)c1nc(CN)c2c(n1)CCC2. The Morgan fingerprint density at radius 3 is 2.56 bits per heavy atom. The third-order valence-electron chi connectivity index (χ3n) is 3.25. The molecule has 1 aromatic heterocycles. The third-order valence-corrected chi connectivity index (χ3v) is 3.25. The molecule has 0 bridgehead atoms. The zero-order valence-electron chi connectivity index (χ0n) is 10.2. The van der Waals surface area contributed by atoms with Crippen LogP contribution in [0.3, 0.4) is 0 Å². The number of aromatic nitrogens is 2. The van der Waals surface area contributed by atoms with Gasteiger partial charge in [0.25, 0.3) is 0 Å². The average molecular weight is 220 g/mol. The minimum atomic E-state index is 0.527. The lowest BCUT2D eigenvalue weighted by molar-refractivity contribution is 0.795. The van der Waals surface area contributed by atoms with E-state index in [1.807, 2.05) is 0 Å². The van der Waals surface area contributed by atoms with E-state index in [9.17, 15) is 0 Å². The lowest BCUT2D eigenvalue weighted by atomic mass is 10.2. The molecule has 1 aromatic rings. The molecule has 0 aliphatic heterocycles. The van der Waals surface area contributed by atoms with Crippen LogP contribution in [-0.2, 0) is 19.4 Å². The fourth-order valence-corrected chi connectivity index (χ4v) is 2.31. The summed E-state index contributed by atoms with van der Waals surface area (Å²) < 4.78 is 0. The zero-order valence-corrected chi connectivity index (χ0v) is 10.2. The first-order valence-corrected chi connectivity index (χ1v) is 6.13. The molecule has 88 valence electrons. The summed E-state index contributed by atoms with van der Waals surface area (Å²) in [6, 6.07) is 0. The second-order valence-electron chi connectivity index (χ2n) is 4.13.